The smallest absolute Gasteiger partial charge is 0.306 e. The average molecular weight is 337 g/mol. The minimum atomic E-state index is -0.324. The van der Waals surface area contributed by atoms with Gasteiger partial charge in [-0.1, -0.05) is 39.0 Å². The van der Waals surface area contributed by atoms with Gasteiger partial charge in [0.1, 0.15) is 0 Å². The van der Waals surface area contributed by atoms with Crippen molar-refractivity contribution in [2.24, 2.45) is 0 Å². The normalized spacial score (nSPS) is 12.1. The van der Waals surface area contributed by atoms with E-state index in [1.54, 1.807) is 11.8 Å². The number of rotatable bonds is 8. The van der Waals surface area contributed by atoms with Gasteiger partial charge in [0.05, 0.1) is 0 Å². The first kappa shape index (κ1) is 19.6. The monoisotopic (exact) mass is 337 g/mol. The van der Waals surface area contributed by atoms with E-state index in [9.17, 15) is 9.59 Å². The average Bonchev–Trinajstić information content (AvgIpc) is 2.52. The highest BCUT2D eigenvalue weighted by Gasteiger charge is 2.14. The van der Waals surface area contributed by atoms with Crippen molar-refractivity contribution in [2.45, 2.75) is 51.7 Å². The van der Waals surface area contributed by atoms with Crippen molar-refractivity contribution in [1.29, 1.82) is 0 Å². The number of para-hydroxylation sites is 1. The van der Waals surface area contributed by atoms with Crippen LogP contribution in [-0.2, 0) is 14.3 Å². The fourth-order valence-electron chi connectivity index (χ4n) is 2.18. The van der Waals surface area contributed by atoms with Gasteiger partial charge in [-0.15, -0.1) is 0 Å². The van der Waals surface area contributed by atoms with Crippen LogP contribution in [0, 0.1) is 6.92 Å². The van der Waals surface area contributed by atoms with E-state index in [1.165, 1.54) is 0 Å². The highest BCUT2D eigenvalue weighted by molar-refractivity contribution is 7.99. The van der Waals surface area contributed by atoms with Crippen LogP contribution in [0.5, 0.6) is 0 Å². The van der Waals surface area contributed by atoms with Gasteiger partial charge < -0.3 is 10.1 Å². The molecule has 128 valence electrons. The number of aryl methyl sites for hydroxylation is 1. The van der Waals surface area contributed by atoms with Gasteiger partial charge >= 0.3 is 5.97 Å². The predicted octanol–water partition coefficient (Wildman–Crippen LogP) is 4.13. The third kappa shape index (κ3) is 6.65. The lowest BCUT2D eigenvalue weighted by atomic mass is 9.98. The van der Waals surface area contributed by atoms with Gasteiger partial charge in [-0.05, 0) is 36.6 Å². The van der Waals surface area contributed by atoms with E-state index in [4.69, 9.17) is 4.74 Å². The molecule has 0 fully saturated rings. The number of hydrogen-bond donors (Lipinski definition) is 1. The van der Waals surface area contributed by atoms with Crippen LogP contribution in [-0.4, -0.2) is 30.0 Å². The number of ether oxygens (including phenoxy) is 1. The van der Waals surface area contributed by atoms with E-state index in [0.29, 0.717) is 17.6 Å². The molecule has 1 N–H and O–H groups in total. The molecule has 0 saturated carbocycles. The molecule has 1 aromatic carbocycles. The molecule has 1 rings (SSSR count). The zero-order valence-electron chi connectivity index (χ0n) is 14.6. The molecule has 4 nitrogen and oxygen atoms in total. The maximum Gasteiger partial charge on any atom is 0.306 e. The Morgan fingerprint density at radius 1 is 1.26 bits per heavy atom. The topological polar surface area (TPSA) is 55.4 Å². The molecule has 1 amide bonds. The summed E-state index contributed by atoms with van der Waals surface area (Å²) in [6, 6.07) is 5.94. The predicted molar refractivity (Wildman–Crippen MR) is 97.1 cm³/mol. The summed E-state index contributed by atoms with van der Waals surface area (Å²) in [7, 11) is 0. The molecule has 5 heteroatoms. The standard InChI is InChI=1S/C18H27NO3S/c1-12(2)15-8-6-7-13(3)18(15)19-16(20)11-22-17(21)10-9-14(4)23-5/h6-8,12,14H,9-11H2,1-5H3,(H,19,20)/t14-/m0/s1. The summed E-state index contributed by atoms with van der Waals surface area (Å²) in [5.74, 6) is -0.317. The van der Waals surface area contributed by atoms with Gasteiger partial charge in [-0.2, -0.15) is 11.8 Å². The number of carbonyl (C=O) groups is 2. The van der Waals surface area contributed by atoms with Gasteiger partial charge in [0.15, 0.2) is 6.61 Å². The first-order valence-electron chi connectivity index (χ1n) is 7.93. The molecule has 0 aromatic heterocycles. The molecule has 1 atom stereocenters. The molecular weight excluding hydrogens is 310 g/mol. The van der Waals surface area contributed by atoms with Crippen LogP contribution in [0.25, 0.3) is 0 Å². The number of anilines is 1. The van der Waals surface area contributed by atoms with Gasteiger partial charge in [0, 0.05) is 17.4 Å². The van der Waals surface area contributed by atoms with E-state index < -0.39 is 0 Å². The van der Waals surface area contributed by atoms with Crippen LogP contribution in [0.15, 0.2) is 18.2 Å². The second-order valence-electron chi connectivity index (χ2n) is 5.99. The Hall–Kier alpha value is -1.49. The summed E-state index contributed by atoms with van der Waals surface area (Å²) in [5.41, 5.74) is 2.91. The molecule has 0 aliphatic rings. The third-order valence-electron chi connectivity index (χ3n) is 3.71. The highest BCUT2D eigenvalue weighted by Crippen LogP contribution is 2.27. The van der Waals surface area contributed by atoms with Crippen LogP contribution in [0.4, 0.5) is 5.69 Å². The Kier molecular flexibility index (Phi) is 8.17. The van der Waals surface area contributed by atoms with Gasteiger partial charge in [0.2, 0.25) is 0 Å². The maximum absolute atomic E-state index is 12.0. The number of carbonyl (C=O) groups excluding carboxylic acids is 2. The van der Waals surface area contributed by atoms with E-state index >= 15 is 0 Å². The number of amides is 1. The first-order chi connectivity index (χ1) is 10.8. The van der Waals surface area contributed by atoms with E-state index in [0.717, 1.165) is 23.2 Å². The zero-order valence-corrected chi connectivity index (χ0v) is 15.5. The molecule has 0 unspecified atom stereocenters. The van der Waals surface area contributed by atoms with Crippen molar-refractivity contribution >= 4 is 29.3 Å². The molecule has 0 aliphatic heterocycles. The van der Waals surface area contributed by atoms with Crippen molar-refractivity contribution in [2.75, 3.05) is 18.2 Å². The van der Waals surface area contributed by atoms with E-state index in [1.807, 2.05) is 31.4 Å². The lowest BCUT2D eigenvalue weighted by Gasteiger charge is -2.16. The summed E-state index contributed by atoms with van der Waals surface area (Å²) >= 11 is 1.71. The SMILES string of the molecule is CS[C@@H](C)CCC(=O)OCC(=O)Nc1c(C)cccc1C(C)C. The zero-order chi connectivity index (χ0) is 17.4. The highest BCUT2D eigenvalue weighted by atomic mass is 32.2. The van der Waals surface area contributed by atoms with Crippen LogP contribution in [0.1, 0.15) is 50.7 Å². The minimum Gasteiger partial charge on any atom is -0.456 e. The number of benzene rings is 1. The van der Waals surface area contributed by atoms with Gasteiger partial charge in [-0.3, -0.25) is 9.59 Å². The Morgan fingerprint density at radius 2 is 1.96 bits per heavy atom. The third-order valence-corrected chi connectivity index (χ3v) is 4.75. The van der Waals surface area contributed by atoms with E-state index in [2.05, 4.69) is 26.1 Å². The Balaban J connectivity index is 2.53. The molecule has 0 heterocycles. The van der Waals surface area contributed by atoms with Crippen molar-refractivity contribution < 1.29 is 14.3 Å². The van der Waals surface area contributed by atoms with E-state index in [-0.39, 0.29) is 18.5 Å². The summed E-state index contributed by atoms with van der Waals surface area (Å²) in [4.78, 5) is 23.7. The number of nitrogens with one attached hydrogen (secondary N) is 1. The molecule has 1 aromatic rings. The van der Waals surface area contributed by atoms with Crippen LogP contribution < -0.4 is 5.32 Å². The Bertz CT molecular complexity index is 543. The summed E-state index contributed by atoms with van der Waals surface area (Å²) < 4.78 is 5.05. The van der Waals surface area contributed by atoms with Crippen LogP contribution in [0.2, 0.25) is 0 Å². The van der Waals surface area contributed by atoms with Crippen LogP contribution >= 0.6 is 11.8 Å². The number of thioether (sulfide) groups is 1. The summed E-state index contributed by atoms with van der Waals surface area (Å²) in [6.07, 6.45) is 3.12. The molecule has 0 radical (unpaired) electrons. The number of esters is 1. The molecule has 0 saturated heterocycles. The second kappa shape index (κ2) is 9.60. The molecule has 23 heavy (non-hydrogen) atoms. The second-order valence-corrected chi connectivity index (χ2v) is 7.26. The van der Waals surface area contributed by atoms with Crippen molar-refractivity contribution in [3.63, 3.8) is 0 Å². The van der Waals surface area contributed by atoms with Crippen molar-refractivity contribution in [3.05, 3.63) is 29.3 Å². The van der Waals surface area contributed by atoms with Gasteiger partial charge in [-0.25, -0.2) is 0 Å². The minimum absolute atomic E-state index is 0.238. The molecule has 0 bridgehead atoms. The van der Waals surface area contributed by atoms with Crippen LogP contribution in [0.3, 0.4) is 0 Å². The van der Waals surface area contributed by atoms with Gasteiger partial charge in [0.25, 0.3) is 5.91 Å². The summed E-state index contributed by atoms with van der Waals surface area (Å²) in [5, 5.41) is 3.29. The van der Waals surface area contributed by atoms with Crippen molar-refractivity contribution in [1.82, 2.24) is 0 Å². The maximum atomic E-state index is 12.0. The Labute approximate surface area is 143 Å². The quantitative estimate of drug-likeness (QED) is 0.725. The van der Waals surface area contributed by atoms with Crippen molar-refractivity contribution in [3.8, 4) is 0 Å². The largest absolute Gasteiger partial charge is 0.456 e. The molecule has 0 spiro atoms. The fraction of sp³-hybridized carbons (Fsp3) is 0.556. The summed E-state index contributed by atoms with van der Waals surface area (Å²) in [6.45, 7) is 7.95. The molecular formula is C18H27NO3S. The number of hydrogen-bond acceptors (Lipinski definition) is 4. The Morgan fingerprint density at radius 3 is 2.57 bits per heavy atom. The molecule has 0 aliphatic carbocycles. The first-order valence-corrected chi connectivity index (χ1v) is 9.21. The fourth-order valence-corrected chi connectivity index (χ4v) is 2.53. The lowest BCUT2D eigenvalue weighted by molar-refractivity contribution is -0.147. The lowest BCUT2D eigenvalue weighted by Crippen LogP contribution is -2.22.